The fraction of sp³-hybridized carbons (Fsp3) is 0.750. The maximum Gasteiger partial charge on any atom is 0.323 e. The van der Waals surface area contributed by atoms with E-state index in [-0.39, 0.29) is 18.1 Å². The molecule has 2 atom stereocenters. The number of rotatable bonds is 5. The summed E-state index contributed by atoms with van der Waals surface area (Å²) in [4.78, 5) is 12.0. The molecule has 0 radical (unpaired) electrons. The lowest BCUT2D eigenvalue weighted by atomic mass is 9.87. The van der Waals surface area contributed by atoms with Crippen molar-refractivity contribution in [3.05, 3.63) is 0 Å². The van der Waals surface area contributed by atoms with Gasteiger partial charge in [-0.05, 0) is 32.1 Å². The molecule has 1 aromatic heterocycles. The van der Waals surface area contributed by atoms with Crippen molar-refractivity contribution in [2.24, 2.45) is 5.92 Å². The SMILES string of the molecule is CCOc1nc(N)nc(NCC2CCCC(O)C2)n1. The van der Waals surface area contributed by atoms with Crippen molar-refractivity contribution < 1.29 is 9.84 Å². The van der Waals surface area contributed by atoms with Gasteiger partial charge < -0.3 is 20.9 Å². The highest BCUT2D eigenvalue weighted by Gasteiger charge is 2.20. The van der Waals surface area contributed by atoms with Crippen LogP contribution in [0.5, 0.6) is 6.01 Å². The van der Waals surface area contributed by atoms with Gasteiger partial charge in [-0.15, -0.1) is 0 Å². The Morgan fingerprint density at radius 2 is 2.21 bits per heavy atom. The number of ether oxygens (including phenoxy) is 1. The number of nitrogens with one attached hydrogen (secondary N) is 1. The van der Waals surface area contributed by atoms with Crippen LogP contribution in [0.15, 0.2) is 0 Å². The van der Waals surface area contributed by atoms with Crippen LogP contribution in [0.2, 0.25) is 0 Å². The lowest BCUT2D eigenvalue weighted by Crippen LogP contribution is -2.25. The third kappa shape index (κ3) is 4.20. The van der Waals surface area contributed by atoms with Gasteiger partial charge in [-0.2, -0.15) is 15.0 Å². The Bertz CT molecular complexity index is 415. The van der Waals surface area contributed by atoms with Crippen LogP contribution >= 0.6 is 0 Å². The second-order valence-corrected chi connectivity index (χ2v) is 4.80. The van der Waals surface area contributed by atoms with Crippen LogP contribution < -0.4 is 15.8 Å². The van der Waals surface area contributed by atoms with E-state index in [1.807, 2.05) is 6.92 Å². The minimum absolute atomic E-state index is 0.143. The average Bonchev–Trinajstić information content (AvgIpc) is 2.36. The molecule has 1 aliphatic carbocycles. The highest BCUT2D eigenvalue weighted by Crippen LogP contribution is 2.24. The zero-order chi connectivity index (χ0) is 13.7. The first kappa shape index (κ1) is 13.8. The van der Waals surface area contributed by atoms with Crippen molar-refractivity contribution in [1.29, 1.82) is 0 Å². The van der Waals surface area contributed by atoms with Gasteiger partial charge in [-0.25, -0.2) is 0 Å². The largest absolute Gasteiger partial charge is 0.464 e. The van der Waals surface area contributed by atoms with E-state index in [0.717, 1.165) is 32.2 Å². The molecule has 7 nitrogen and oxygen atoms in total. The van der Waals surface area contributed by atoms with Crippen molar-refractivity contribution in [2.45, 2.75) is 38.7 Å². The van der Waals surface area contributed by atoms with Crippen LogP contribution in [-0.2, 0) is 0 Å². The summed E-state index contributed by atoms with van der Waals surface area (Å²) < 4.78 is 5.21. The summed E-state index contributed by atoms with van der Waals surface area (Å²) in [6, 6.07) is 0.237. The van der Waals surface area contributed by atoms with Crippen molar-refractivity contribution >= 4 is 11.9 Å². The molecular weight excluding hydrogens is 246 g/mol. The highest BCUT2D eigenvalue weighted by molar-refractivity contribution is 5.32. The molecule has 106 valence electrons. The Kier molecular flexibility index (Phi) is 4.73. The summed E-state index contributed by atoms with van der Waals surface area (Å²) in [6.45, 7) is 3.07. The number of aliphatic hydroxyl groups is 1. The predicted molar refractivity (Wildman–Crippen MR) is 71.9 cm³/mol. The van der Waals surface area contributed by atoms with E-state index in [2.05, 4.69) is 20.3 Å². The molecule has 1 fully saturated rings. The summed E-state index contributed by atoms with van der Waals surface area (Å²) in [6.07, 6.45) is 3.73. The summed E-state index contributed by atoms with van der Waals surface area (Å²) in [5.74, 6) is 1.01. The molecule has 0 amide bonds. The van der Waals surface area contributed by atoms with Crippen molar-refractivity contribution in [2.75, 3.05) is 24.2 Å². The number of hydrogen-bond donors (Lipinski definition) is 3. The first-order chi connectivity index (χ1) is 9.17. The van der Waals surface area contributed by atoms with Gasteiger partial charge >= 0.3 is 6.01 Å². The molecule has 1 saturated carbocycles. The highest BCUT2D eigenvalue weighted by atomic mass is 16.5. The number of nitrogens with zero attached hydrogens (tertiary/aromatic N) is 3. The first-order valence-electron chi connectivity index (χ1n) is 6.73. The number of hydrogen-bond acceptors (Lipinski definition) is 7. The molecule has 2 unspecified atom stereocenters. The molecule has 0 saturated heterocycles. The van der Waals surface area contributed by atoms with Crippen LogP contribution in [0.25, 0.3) is 0 Å². The van der Waals surface area contributed by atoms with E-state index in [1.165, 1.54) is 0 Å². The van der Waals surface area contributed by atoms with Gasteiger partial charge in [0, 0.05) is 6.54 Å². The van der Waals surface area contributed by atoms with Gasteiger partial charge in [0.25, 0.3) is 0 Å². The van der Waals surface area contributed by atoms with Crippen molar-refractivity contribution in [1.82, 2.24) is 15.0 Å². The molecule has 19 heavy (non-hydrogen) atoms. The number of nitrogen functional groups attached to an aromatic ring is 1. The van der Waals surface area contributed by atoms with Crippen LogP contribution in [0.3, 0.4) is 0 Å². The number of nitrogens with two attached hydrogens (primary N) is 1. The third-order valence-corrected chi connectivity index (χ3v) is 3.21. The molecule has 1 aliphatic rings. The van der Waals surface area contributed by atoms with E-state index >= 15 is 0 Å². The molecule has 0 aliphatic heterocycles. The summed E-state index contributed by atoms with van der Waals surface area (Å²) in [5, 5.41) is 12.8. The quantitative estimate of drug-likeness (QED) is 0.725. The number of aromatic nitrogens is 3. The fourth-order valence-corrected chi connectivity index (χ4v) is 2.33. The summed E-state index contributed by atoms with van der Waals surface area (Å²) in [7, 11) is 0. The van der Waals surface area contributed by atoms with Crippen LogP contribution in [0.1, 0.15) is 32.6 Å². The van der Waals surface area contributed by atoms with Crippen LogP contribution in [-0.4, -0.2) is 39.3 Å². The van der Waals surface area contributed by atoms with Crippen LogP contribution in [0, 0.1) is 5.92 Å². The van der Waals surface area contributed by atoms with Gasteiger partial charge in [-0.1, -0.05) is 6.42 Å². The Balaban J connectivity index is 1.91. The average molecular weight is 267 g/mol. The van der Waals surface area contributed by atoms with E-state index in [1.54, 1.807) is 0 Å². The molecular formula is C12H21N5O2. The zero-order valence-electron chi connectivity index (χ0n) is 11.2. The standard InChI is InChI=1S/C12H21N5O2/c1-2-19-12-16-10(13)15-11(17-12)14-7-8-4-3-5-9(18)6-8/h8-9,18H,2-7H2,1H3,(H3,13,14,15,16,17). The molecule has 0 spiro atoms. The third-order valence-electron chi connectivity index (χ3n) is 3.21. The van der Waals surface area contributed by atoms with Crippen molar-refractivity contribution in [3.8, 4) is 6.01 Å². The number of anilines is 2. The van der Waals surface area contributed by atoms with Crippen LogP contribution in [0.4, 0.5) is 11.9 Å². The Morgan fingerprint density at radius 3 is 2.95 bits per heavy atom. The van der Waals surface area contributed by atoms with Gasteiger partial charge in [0.1, 0.15) is 0 Å². The normalized spacial score (nSPS) is 23.1. The number of aliphatic hydroxyl groups excluding tert-OH is 1. The van der Waals surface area contributed by atoms with E-state index in [4.69, 9.17) is 10.5 Å². The lowest BCUT2D eigenvalue weighted by molar-refractivity contribution is 0.104. The van der Waals surface area contributed by atoms with Crippen molar-refractivity contribution in [3.63, 3.8) is 0 Å². The second kappa shape index (κ2) is 6.51. The smallest absolute Gasteiger partial charge is 0.323 e. The molecule has 1 heterocycles. The maximum atomic E-state index is 9.63. The molecule has 7 heteroatoms. The van der Waals surface area contributed by atoms with E-state index < -0.39 is 0 Å². The van der Waals surface area contributed by atoms with Gasteiger partial charge in [0.15, 0.2) is 0 Å². The minimum atomic E-state index is -0.178. The zero-order valence-corrected chi connectivity index (χ0v) is 11.2. The molecule has 4 N–H and O–H groups in total. The van der Waals surface area contributed by atoms with Gasteiger partial charge in [0.05, 0.1) is 12.7 Å². The lowest BCUT2D eigenvalue weighted by Gasteiger charge is -2.25. The Labute approximate surface area is 112 Å². The molecule has 1 aromatic rings. The Morgan fingerprint density at radius 1 is 1.37 bits per heavy atom. The molecule has 2 rings (SSSR count). The first-order valence-corrected chi connectivity index (χ1v) is 6.73. The minimum Gasteiger partial charge on any atom is -0.464 e. The molecule has 0 aromatic carbocycles. The topological polar surface area (TPSA) is 106 Å². The predicted octanol–water partition coefficient (Wildman–Crippen LogP) is 0.815. The summed E-state index contributed by atoms with van der Waals surface area (Å²) in [5.41, 5.74) is 5.60. The van der Waals surface area contributed by atoms with Gasteiger partial charge in [0.2, 0.25) is 11.9 Å². The summed E-state index contributed by atoms with van der Waals surface area (Å²) >= 11 is 0. The Hall–Kier alpha value is -1.63. The molecule has 0 bridgehead atoms. The van der Waals surface area contributed by atoms with E-state index in [0.29, 0.717) is 18.5 Å². The maximum absolute atomic E-state index is 9.63. The fourth-order valence-electron chi connectivity index (χ4n) is 2.33. The second-order valence-electron chi connectivity index (χ2n) is 4.80. The van der Waals surface area contributed by atoms with E-state index in [9.17, 15) is 5.11 Å². The monoisotopic (exact) mass is 267 g/mol. The van der Waals surface area contributed by atoms with Gasteiger partial charge in [-0.3, -0.25) is 0 Å².